The van der Waals surface area contributed by atoms with E-state index in [1.807, 2.05) is 13.8 Å². The molecule has 2 N–H and O–H groups in total. The quantitative estimate of drug-likeness (QED) is 0.663. The van der Waals surface area contributed by atoms with Crippen LogP contribution in [-0.2, 0) is 9.59 Å². The molecule has 5 heteroatoms. The van der Waals surface area contributed by atoms with Crippen molar-refractivity contribution in [2.45, 2.75) is 26.8 Å². The fraction of sp³-hybridized carbons (Fsp3) is 0.800. The Balaban J connectivity index is 4.47. The monoisotopic (exact) mass is 216 g/mol. The Morgan fingerprint density at radius 2 is 1.87 bits per heavy atom. The van der Waals surface area contributed by atoms with E-state index >= 15 is 0 Å². The van der Waals surface area contributed by atoms with Crippen molar-refractivity contribution in [3.05, 3.63) is 0 Å². The third-order valence-corrected chi connectivity index (χ3v) is 2.03. The molecule has 15 heavy (non-hydrogen) atoms. The van der Waals surface area contributed by atoms with Gasteiger partial charge in [0.15, 0.2) is 0 Å². The molecule has 0 aromatic heterocycles. The molecule has 0 spiro atoms. The van der Waals surface area contributed by atoms with E-state index in [-0.39, 0.29) is 24.4 Å². The first-order chi connectivity index (χ1) is 6.88. The average molecular weight is 216 g/mol. The molecule has 1 atom stereocenters. The van der Waals surface area contributed by atoms with Crippen LogP contribution < -0.4 is 5.32 Å². The Hall–Kier alpha value is -1.10. The number of hydrogen-bond acceptors (Lipinski definition) is 3. The molecule has 0 aromatic carbocycles. The normalized spacial score (nSPS) is 12.6. The summed E-state index contributed by atoms with van der Waals surface area (Å²) in [6.07, 6.45) is 0. The number of carbonyl (C=O) groups is 2. The lowest BCUT2D eigenvalue weighted by atomic mass is 10.2. The second-order valence-corrected chi connectivity index (χ2v) is 4.02. The van der Waals surface area contributed by atoms with Crippen LogP contribution in [0.25, 0.3) is 0 Å². The summed E-state index contributed by atoms with van der Waals surface area (Å²) in [4.78, 5) is 23.7. The SMILES string of the molecule is CNC(C)C(=O)N(CC(=O)O)CC(C)C. The average Bonchev–Trinajstić information content (AvgIpc) is 2.13. The first-order valence-electron chi connectivity index (χ1n) is 5.06. The van der Waals surface area contributed by atoms with Crippen LogP contribution in [0.2, 0.25) is 0 Å². The number of nitrogens with zero attached hydrogens (tertiary/aromatic N) is 1. The highest BCUT2D eigenvalue weighted by atomic mass is 16.4. The fourth-order valence-electron chi connectivity index (χ4n) is 1.23. The molecule has 0 fully saturated rings. The Kier molecular flexibility index (Phi) is 5.93. The van der Waals surface area contributed by atoms with Crippen LogP contribution in [0.5, 0.6) is 0 Å². The van der Waals surface area contributed by atoms with E-state index in [9.17, 15) is 9.59 Å². The van der Waals surface area contributed by atoms with Gasteiger partial charge in [-0.2, -0.15) is 0 Å². The Morgan fingerprint density at radius 3 is 2.20 bits per heavy atom. The van der Waals surface area contributed by atoms with Gasteiger partial charge in [-0.15, -0.1) is 0 Å². The zero-order valence-corrected chi connectivity index (χ0v) is 9.78. The van der Waals surface area contributed by atoms with Crippen LogP contribution in [0.15, 0.2) is 0 Å². The van der Waals surface area contributed by atoms with Crippen molar-refractivity contribution in [2.75, 3.05) is 20.1 Å². The number of carboxylic acids is 1. The summed E-state index contributed by atoms with van der Waals surface area (Å²) in [6.45, 7) is 5.86. The molecule has 1 unspecified atom stereocenters. The highest BCUT2D eigenvalue weighted by Gasteiger charge is 2.21. The molecule has 0 saturated carbocycles. The smallest absolute Gasteiger partial charge is 0.323 e. The second kappa shape index (κ2) is 6.40. The molecular weight excluding hydrogens is 196 g/mol. The lowest BCUT2D eigenvalue weighted by molar-refractivity contribution is -0.145. The third-order valence-electron chi connectivity index (χ3n) is 2.03. The predicted molar refractivity (Wildman–Crippen MR) is 57.6 cm³/mol. The van der Waals surface area contributed by atoms with Crippen molar-refractivity contribution in [2.24, 2.45) is 5.92 Å². The highest BCUT2D eigenvalue weighted by Crippen LogP contribution is 2.01. The van der Waals surface area contributed by atoms with E-state index in [1.165, 1.54) is 4.90 Å². The minimum absolute atomic E-state index is 0.173. The van der Waals surface area contributed by atoms with Crippen molar-refractivity contribution >= 4 is 11.9 Å². The Morgan fingerprint density at radius 1 is 1.33 bits per heavy atom. The first kappa shape index (κ1) is 13.9. The third kappa shape index (κ3) is 5.37. The van der Waals surface area contributed by atoms with Crippen LogP contribution in [0.4, 0.5) is 0 Å². The van der Waals surface area contributed by atoms with Crippen molar-refractivity contribution in [1.29, 1.82) is 0 Å². The molecule has 0 aliphatic rings. The van der Waals surface area contributed by atoms with E-state index in [4.69, 9.17) is 5.11 Å². The van der Waals surface area contributed by atoms with Gasteiger partial charge >= 0.3 is 5.97 Å². The van der Waals surface area contributed by atoms with Gasteiger partial charge in [-0.1, -0.05) is 13.8 Å². The lowest BCUT2D eigenvalue weighted by Crippen LogP contribution is -2.47. The number of hydrogen-bond donors (Lipinski definition) is 2. The van der Waals surface area contributed by atoms with E-state index in [2.05, 4.69) is 5.32 Å². The van der Waals surface area contributed by atoms with Crippen LogP contribution in [0, 0.1) is 5.92 Å². The van der Waals surface area contributed by atoms with Crippen molar-refractivity contribution in [1.82, 2.24) is 10.2 Å². The van der Waals surface area contributed by atoms with E-state index < -0.39 is 5.97 Å². The molecular formula is C10H20N2O3. The van der Waals surface area contributed by atoms with Crippen LogP contribution in [-0.4, -0.2) is 48.1 Å². The van der Waals surface area contributed by atoms with Gasteiger partial charge in [0, 0.05) is 6.54 Å². The molecule has 0 rings (SSSR count). The van der Waals surface area contributed by atoms with Crippen molar-refractivity contribution in [3.8, 4) is 0 Å². The van der Waals surface area contributed by atoms with Gasteiger partial charge in [0.2, 0.25) is 5.91 Å². The molecule has 0 saturated heterocycles. The predicted octanol–water partition coefficient (Wildman–Crippen LogP) is 0.164. The van der Waals surface area contributed by atoms with Gasteiger partial charge in [-0.05, 0) is 19.9 Å². The molecule has 1 amide bonds. The summed E-state index contributed by atoms with van der Waals surface area (Å²) < 4.78 is 0. The highest BCUT2D eigenvalue weighted by molar-refractivity contribution is 5.85. The molecule has 0 bridgehead atoms. The molecule has 0 heterocycles. The van der Waals surface area contributed by atoms with Gasteiger partial charge in [0.05, 0.1) is 6.04 Å². The number of amides is 1. The van der Waals surface area contributed by atoms with Crippen LogP contribution in [0.3, 0.4) is 0 Å². The largest absolute Gasteiger partial charge is 0.480 e. The maximum Gasteiger partial charge on any atom is 0.323 e. The van der Waals surface area contributed by atoms with Gasteiger partial charge in [-0.3, -0.25) is 9.59 Å². The van der Waals surface area contributed by atoms with Crippen molar-refractivity contribution in [3.63, 3.8) is 0 Å². The summed E-state index contributed by atoms with van der Waals surface area (Å²) in [6, 6.07) is -0.344. The fourth-order valence-corrected chi connectivity index (χ4v) is 1.23. The number of carbonyl (C=O) groups excluding carboxylic acids is 1. The zero-order chi connectivity index (χ0) is 12.0. The summed E-state index contributed by atoms with van der Waals surface area (Å²) in [5.41, 5.74) is 0. The van der Waals surface area contributed by atoms with E-state index in [0.29, 0.717) is 6.54 Å². The topological polar surface area (TPSA) is 69.6 Å². The van der Waals surface area contributed by atoms with Gasteiger partial charge < -0.3 is 15.3 Å². The lowest BCUT2D eigenvalue weighted by Gasteiger charge is -2.25. The number of nitrogens with one attached hydrogen (secondary N) is 1. The minimum Gasteiger partial charge on any atom is -0.480 e. The number of carboxylic acid groups (broad SMARTS) is 1. The molecule has 0 aromatic rings. The number of likely N-dealkylation sites (N-methyl/N-ethyl adjacent to an activating group) is 1. The maximum absolute atomic E-state index is 11.7. The molecule has 0 aliphatic carbocycles. The van der Waals surface area contributed by atoms with Crippen LogP contribution >= 0.6 is 0 Å². The van der Waals surface area contributed by atoms with Crippen LogP contribution in [0.1, 0.15) is 20.8 Å². The van der Waals surface area contributed by atoms with E-state index in [0.717, 1.165) is 0 Å². The second-order valence-electron chi connectivity index (χ2n) is 4.02. The standard InChI is InChI=1S/C10H20N2O3/c1-7(2)5-12(6-9(13)14)10(15)8(3)11-4/h7-8,11H,5-6H2,1-4H3,(H,13,14). The number of rotatable bonds is 6. The van der Waals surface area contributed by atoms with Crippen molar-refractivity contribution < 1.29 is 14.7 Å². The summed E-state index contributed by atoms with van der Waals surface area (Å²) in [5.74, 6) is -0.891. The molecule has 0 aliphatic heterocycles. The first-order valence-corrected chi connectivity index (χ1v) is 5.06. The minimum atomic E-state index is -0.979. The Bertz CT molecular complexity index is 229. The van der Waals surface area contributed by atoms with Gasteiger partial charge in [-0.25, -0.2) is 0 Å². The Labute approximate surface area is 90.5 Å². The summed E-state index contributed by atoms with van der Waals surface area (Å²) >= 11 is 0. The molecule has 88 valence electrons. The molecule has 0 radical (unpaired) electrons. The van der Waals surface area contributed by atoms with Gasteiger partial charge in [0.1, 0.15) is 6.54 Å². The summed E-state index contributed by atoms with van der Waals surface area (Å²) in [5, 5.41) is 11.5. The van der Waals surface area contributed by atoms with E-state index in [1.54, 1.807) is 14.0 Å². The maximum atomic E-state index is 11.7. The number of aliphatic carboxylic acids is 1. The van der Waals surface area contributed by atoms with Gasteiger partial charge in [0.25, 0.3) is 0 Å². The molecule has 5 nitrogen and oxygen atoms in total. The zero-order valence-electron chi connectivity index (χ0n) is 9.78. The summed E-state index contributed by atoms with van der Waals surface area (Å²) in [7, 11) is 1.68.